The Balaban J connectivity index is 2.01. The van der Waals surface area contributed by atoms with Crippen LogP contribution >= 0.6 is 11.3 Å². The summed E-state index contributed by atoms with van der Waals surface area (Å²) in [6.45, 7) is 7.58. The van der Waals surface area contributed by atoms with Gasteiger partial charge >= 0.3 is 5.97 Å². The van der Waals surface area contributed by atoms with Crippen molar-refractivity contribution >= 4 is 39.1 Å². The summed E-state index contributed by atoms with van der Waals surface area (Å²) in [5, 5.41) is 0. The summed E-state index contributed by atoms with van der Waals surface area (Å²) in [6.07, 6.45) is 0. The molecule has 1 heterocycles. The van der Waals surface area contributed by atoms with E-state index in [0.29, 0.717) is 10.3 Å². The Morgan fingerprint density at radius 2 is 1.80 bits per heavy atom. The molecular weight excluding hydrogens is 405 g/mol. The lowest BCUT2D eigenvalue weighted by Gasteiger charge is -2.20. The molecule has 0 aliphatic rings. The minimum atomic E-state index is -0.516. The van der Waals surface area contributed by atoms with E-state index in [1.165, 1.54) is 10.6 Å². The molecule has 3 rings (SSSR count). The van der Waals surface area contributed by atoms with Crippen LogP contribution in [0.4, 0.5) is 10.1 Å². The zero-order valence-corrected chi connectivity index (χ0v) is 18.0. The van der Waals surface area contributed by atoms with Crippen LogP contribution in [0.1, 0.15) is 31.1 Å². The van der Waals surface area contributed by atoms with E-state index in [0.717, 1.165) is 30.1 Å². The Kier molecular flexibility index (Phi) is 6.99. The van der Waals surface area contributed by atoms with E-state index in [1.807, 2.05) is 12.1 Å². The van der Waals surface area contributed by atoms with Gasteiger partial charge in [0.15, 0.2) is 4.80 Å². The number of esters is 1. The number of amides is 1. The fourth-order valence-electron chi connectivity index (χ4n) is 3.21. The van der Waals surface area contributed by atoms with Crippen molar-refractivity contribution in [3.8, 4) is 0 Å². The highest BCUT2D eigenvalue weighted by atomic mass is 32.1. The molecule has 6 nitrogen and oxygen atoms in total. The summed E-state index contributed by atoms with van der Waals surface area (Å²) in [4.78, 5) is 31.4. The molecule has 0 aliphatic heterocycles. The summed E-state index contributed by atoms with van der Waals surface area (Å²) in [7, 11) is 0. The van der Waals surface area contributed by atoms with Crippen molar-refractivity contribution in [1.82, 2.24) is 4.57 Å². The van der Waals surface area contributed by atoms with Gasteiger partial charge in [0.1, 0.15) is 12.4 Å². The normalized spacial score (nSPS) is 11.7. The van der Waals surface area contributed by atoms with Crippen LogP contribution in [0.3, 0.4) is 0 Å². The predicted molar refractivity (Wildman–Crippen MR) is 116 cm³/mol. The topological polar surface area (TPSA) is 63.9 Å². The third-order valence-electron chi connectivity index (χ3n) is 4.68. The highest BCUT2D eigenvalue weighted by Gasteiger charge is 2.16. The largest absolute Gasteiger partial charge is 0.465 e. The third-order valence-corrected chi connectivity index (χ3v) is 5.73. The van der Waals surface area contributed by atoms with Crippen molar-refractivity contribution < 1.29 is 18.7 Å². The Bertz CT molecular complexity index is 1110. The van der Waals surface area contributed by atoms with E-state index in [4.69, 9.17) is 4.74 Å². The molecule has 0 saturated heterocycles. The fraction of sp³-hybridized carbons (Fsp3) is 0.318. The second-order valence-corrected chi connectivity index (χ2v) is 7.51. The summed E-state index contributed by atoms with van der Waals surface area (Å²) >= 11 is 1.16. The molecule has 8 heteroatoms. The zero-order valence-electron chi connectivity index (χ0n) is 17.2. The first-order chi connectivity index (χ1) is 14.5. The van der Waals surface area contributed by atoms with Gasteiger partial charge in [-0.05, 0) is 57.2 Å². The van der Waals surface area contributed by atoms with Gasteiger partial charge in [0.2, 0.25) is 0 Å². The zero-order chi connectivity index (χ0) is 21.7. The Morgan fingerprint density at radius 1 is 1.10 bits per heavy atom. The van der Waals surface area contributed by atoms with Gasteiger partial charge in [-0.15, -0.1) is 0 Å². The molecule has 1 aromatic heterocycles. The van der Waals surface area contributed by atoms with Gasteiger partial charge in [-0.3, -0.25) is 9.59 Å². The SMILES string of the molecule is CCOC(=O)Cn1c(=NC(=O)c2ccc(N(CC)CC)cc2)sc2cccc(F)c21. The van der Waals surface area contributed by atoms with Gasteiger partial charge in [-0.1, -0.05) is 17.4 Å². The number of anilines is 1. The second-order valence-electron chi connectivity index (χ2n) is 6.50. The number of hydrogen-bond donors (Lipinski definition) is 0. The molecule has 0 atom stereocenters. The van der Waals surface area contributed by atoms with Gasteiger partial charge in [-0.25, -0.2) is 4.39 Å². The number of aromatic nitrogens is 1. The Morgan fingerprint density at radius 3 is 2.43 bits per heavy atom. The molecule has 0 fully saturated rings. The third kappa shape index (κ3) is 4.59. The minimum absolute atomic E-state index is 0.217. The van der Waals surface area contributed by atoms with Crippen molar-refractivity contribution in [2.75, 3.05) is 24.6 Å². The lowest BCUT2D eigenvalue weighted by molar-refractivity contribution is -0.143. The predicted octanol–water partition coefficient (Wildman–Crippen LogP) is 3.99. The number of halogens is 1. The first-order valence-electron chi connectivity index (χ1n) is 9.86. The number of para-hydroxylation sites is 1. The van der Waals surface area contributed by atoms with Crippen LogP contribution in [-0.4, -0.2) is 36.1 Å². The standard InChI is InChI=1S/C22H24FN3O3S/c1-4-25(5-2)16-12-10-15(11-13-16)21(28)24-22-26(14-19(27)29-6-3)20-17(23)8-7-9-18(20)30-22/h7-13H,4-6,14H2,1-3H3. The molecular formula is C22H24FN3O3S. The van der Waals surface area contributed by atoms with E-state index in [-0.39, 0.29) is 23.5 Å². The number of rotatable bonds is 7. The summed E-state index contributed by atoms with van der Waals surface area (Å²) < 4.78 is 21.4. The molecule has 30 heavy (non-hydrogen) atoms. The van der Waals surface area contributed by atoms with Gasteiger partial charge < -0.3 is 14.2 Å². The maximum atomic E-state index is 14.4. The molecule has 0 aliphatic carbocycles. The molecule has 0 unspecified atom stereocenters. The number of benzene rings is 2. The molecule has 0 bridgehead atoms. The molecule has 158 valence electrons. The van der Waals surface area contributed by atoms with Crippen molar-refractivity contribution in [3.63, 3.8) is 0 Å². The molecule has 3 aromatic rings. The van der Waals surface area contributed by atoms with E-state index in [2.05, 4.69) is 23.7 Å². The molecule has 1 amide bonds. The lowest BCUT2D eigenvalue weighted by Crippen LogP contribution is -2.23. The quantitative estimate of drug-likeness (QED) is 0.533. The highest BCUT2D eigenvalue weighted by molar-refractivity contribution is 7.16. The van der Waals surface area contributed by atoms with E-state index in [1.54, 1.807) is 31.2 Å². The minimum Gasteiger partial charge on any atom is -0.465 e. The lowest BCUT2D eigenvalue weighted by atomic mass is 10.2. The monoisotopic (exact) mass is 429 g/mol. The second kappa shape index (κ2) is 9.67. The smallest absolute Gasteiger partial charge is 0.326 e. The van der Waals surface area contributed by atoms with Crippen LogP contribution in [-0.2, 0) is 16.1 Å². The maximum absolute atomic E-state index is 14.4. The van der Waals surface area contributed by atoms with Crippen LogP contribution < -0.4 is 9.70 Å². The number of carbonyl (C=O) groups is 2. The number of thiazole rings is 1. The maximum Gasteiger partial charge on any atom is 0.326 e. The van der Waals surface area contributed by atoms with E-state index >= 15 is 0 Å². The molecule has 2 aromatic carbocycles. The van der Waals surface area contributed by atoms with Crippen LogP contribution in [0.25, 0.3) is 10.2 Å². The van der Waals surface area contributed by atoms with Crippen molar-refractivity contribution in [1.29, 1.82) is 0 Å². The van der Waals surface area contributed by atoms with Gasteiger partial charge in [0, 0.05) is 24.3 Å². The van der Waals surface area contributed by atoms with Crippen LogP contribution in [0.15, 0.2) is 47.5 Å². The number of nitrogens with zero attached hydrogens (tertiary/aromatic N) is 3. The van der Waals surface area contributed by atoms with E-state index < -0.39 is 17.7 Å². The van der Waals surface area contributed by atoms with E-state index in [9.17, 15) is 14.0 Å². The number of ether oxygens (including phenoxy) is 1. The molecule has 0 spiro atoms. The van der Waals surface area contributed by atoms with Crippen molar-refractivity contribution in [3.05, 3.63) is 58.6 Å². The number of fused-ring (bicyclic) bond motifs is 1. The summed E-state index contributed by atoms with van der Waals surface area (Å²) in [6, 6.07) is 11.8. The fourth-order valence-corrected chi connectivity index (χ4v) is 4.25. The van der Waals surface area contributed by atoms with Crippen molar-refractivity contribution in [2.45, 2.75) is 27.3 Å². The van der Waals surface area contributed by atoms with Gasteiger partial charge in [-0.2, -0.15) is 4.99 Å². The van der Waals surface area contributed by atoms with Crippen LogP contribution in [0.2, 0.25) is 0 Å². The average Bonchev–Trinajstić information content (AvgIpc) is 3.07. The Labute approximate surface area is 178 Å². The van der Waals surface area contributed by atoms with Gasteiger partial charge in [0.25, 0.3) is 5.91 Å². The van der Waals surface area contributed by atoms with Crippen molar-refractivity contribution in [2.24, 2.45) is 4.99 Å². The highest BCUT2D eigenvalue weighted by Crippen LogP contribution is 2.21. The summed E-state index contributed by atoms with van der Waals surface area (Å²) in [5.74, 6) is -1.45. The number of hydrogen-bond acceptors (Lipinski definition) is 5. The first kappa shape index (κ1) is 21.7. The summed E-state index contributed by atoms with van der Waals surface area (Å²) in [5.41, 5.74) is 1.68. The molecule has 0 radical (unpaired) electrons. The van der Waals surface area contributed by atoms with Crippen LogP contribution in [0.5, 0.6) is 0 Å². The first-order valence-corrected chi connectivity index (χ1v) is 10.7. The van der Waals surface area contributed by atoms with Crippen LogP contribution in [0, 0.1) is 5.82 Å². The Hall–Kier alpha value is -3.00. The number of carbonyl (C=O) groups excluding carboxylic acids is 2. The molecule has 0 N–H and O–H groups in total. The molecule has 0 saturated carbocycles. The van der Waals surface area contributed by atoms with Gasteiger partial charge in [0.05, 0.1) is 16.8 Å². The average molecular weight is 430 g/mol.